The van der Waals surface area contributed by atoms with Crippen molar-refractivity contribution in [2.75, 3.05) is 20.2 Å². The van der Waals surface area contributed by atoms with Gasteiger partial charge in [0.1, 0.15) is 5.75 Å². The molecule has 3 atom stereocenters. The molecule has 3 rings (SSSR count). The van der Waals surface area contributed by atoms with E-state index in [1.807, 2.05) is 29.2 Å². The first kappa shape index (κ1) is 14.4. The van der Waals surface area contributed by atoms with Gasteiger partial charge in [0.2, 0.25) is 5.91 Å². The fourth-order valence-electron chi connectivity index (χ4n) is 4.03. The van der Waals surface area contributed by atoms with E-state index in [4.69, 9.17) is 4.74 Å². The van der Waals surface area contributed by atoms with Crippen LogP contribution in [-0.4, -0.2) is 36.1 Å². The first-order valence-electron chi connectivity index (χ1n) is 7.67. The predicted octanol–water partition coefficient (Wildman–Crippen LogP) is 2.16. The van der Waals surface area contributed by atoms with Crippen LogP contribution in [0, 0.1) is 11.8 Å². The minimum absolute atomic E-state index is 0.109. The third-order valence-electron chi connectivity index (χ3n) is 5.20. The van der Waals surface area contributed by atoms with Gasteiger partial charge < -0.3 is 14.7 Å². The maximum atomic E-state index is 11.7. The number of aliphatic hydroxyl groups is 1. The van der Waals surface area contributed by atoms with E-state index in [-0.39, 0.29) is 11.8 Å². The summed E-state index contributed by atoms with van der Waals surface area (Å²) in [6.45, 7) is 3.06. The number of benzene rings is 1. The molecule has 1 aromatic rings. The Labute approximate surface area is 125 Å². The van der Waals surface area contributed by atoms with Crippen LogP contribution in [0.4, 0.5) is 0 Å². The summed E-state index contributed by atoms with van der Waals surface area (Å²) in [7, 11) is 1.64. The predicted molar refractivity (Wildman–Crippen MR) is 80.0 cm³/mol. The molecule has 1 aromatic carbocycles. The number of carbonyl (C=O) groups excluding carboxylic acids is 1. The highest BCUT2D eigenvalue weighted by Crippen LogP contribution is 2.48. The SMILES string of the molecule is COc1cccc([C@]2(O)CCC[C@H]3CN(C(C)=O)C[C@@H]32)c1. The molecule has 2 fully saturated rings. The van der Waals surface area contributed by atoms with Crippen LogP contribution in [0.15, 0.2) is 24.3 Å². The second kappa shape index (κ2) is 5.34. The van der Waals surface area contributed by atoms with Gasteiger partial charge in [-0.3, -0.25) is 4.79 Å². The van der Waals surface area contributed by atoms with Crippen LogP contribution in [0.5, 0.6) is 5.75 Å². The highest BCUT2D eigenvalue weighted by Gasteiger charge is 2.50. The molecule has 0 radical (unpaired) electrons. The van der Waals surface area contributed by atoms with E-state index in [9.17, 15) is 9.90 Å². The summed E-state index contributed by atoms with van der Waals surface area (Å²) in [6.07, 6.45) is 2.86. The highest BCUT2D eigenvalue weighted by molar-refractivity contribution is 5.73. The molecule has 0 spiro atoms. The average molecular weight is 289 g/mol. The number of rotatable bonds is 2. The average Bonchev–Trinajstić information content (AvgIpc) is 2.93. The monoisotopic (exact) mass is 289 g/mol. The molecular weight excluding hydrogens is 266 g/mol. The number of hydrogen-bond acceptors (Lipinski definition) is 3. The summed E-state index contributed by atoms with van der Waals surface area (Å²) < 4.78 is 5.29. The van der Waals surface area contributed by atoms with Crippen LogP contribution in [0.2, 0.25) is 0 Å². The molecule has 114 valence electrons. The molecule has 1 N–H and O–H groups in total. The number of fused-ring (bicyclic) bond motifs is 1. The fourth-order valence-corrected chi connectivity index (χ4v) is 4.03. The van der Waals surface area contributed by atoms with E-state index in [1.165, 1.54) is 0 Å². The van der Waals surface area contributed by atoms with Crippen molar-refractivity contribution in [2.24, 2.45) is 11.8 Å². The van der Waals surface area contributed by atoms with Crippen molar-refractivity contribution >= 4 is 5.91 Å². The molecule has 0 bridgehead atoms. The topological polar surface area (TPSA) is 49.8 Å². The number of amides is 1. The molecule has 1 saturated heterocycles. The van der Waals surface area contributed by atoms with E-state index in [1.54, 1.807) is 14.0 Å². The minimum atomic E-state index is -0.846. The zero-order valence-electron chi connectivity index (χ0n) is 12.7. The second-order valence-electron chi connectivity index (χ2n) is 6.34. The molecule has 4 nitrogen and oxygen atoms in total. The van der Waals surface area contributed by atoms with Gasteiger partial charge >= 0.3 is 0 Å². The number of hydrogen-bond donors (Lipinski definition) is 1. The van der Waals surface area contributed by atoms with Crippen molar-refractivity contribution in [1.82, 2.24) is 4.90 Å². The van der Waals surface area contributed by atoms with E-state index in [0.717, 1.165) is 37.1 Å². The van der Waals surface area contributed by atoms with Crippen molar-refractivity contribution < 1.29 is 14.6 Å². The Kier molecular flexibility index (Phi) is 3.66. The zero-order chi connectivity index (χ0) is 15.0. The number of likely N-dealkylation sites (tertiary alicyclic amines) is 1. The Morgan fingerprint density at radius 1 is 1.43 bits per heavy atom. The zero-order valence-corrected chi connectivity index (χ0v) is 12.7. The fraction of sp³-hybridized carbons (Fsp3) is 0.588. The number of carbonyl (C=O) groups is 1. The lowest BCUT2D eigenvalue weighted by atomic mass is 9.67. The van der Waals surface area contributed by atoms with E-state index in [0.29, 0.717) is 12.5 Å². The third kappa shape index (κ3) is 2.42. The molecule has 4 heteroatoms. The maximum absolute atomic E-state index is 11.7. The standard InChI is InChI=1S/C17H23NO3/c1-12(19)18-10-13-5-4-8-17(20,16(13)11-18)14-6-3-7-15(9-14)21-2/h3,6-7,9,13,16,20H,4-5,8,10-11H2,1-2H3/t13-,16-,17+/m0/s1. The Morgan fingerprint density at radius 3 is 2.95 bits per heavy atom. The molecule has 1 aliphatic carbocycles. The first-order valence-corrected chi connectivity index (χ1v) is 7.67. The summed E-state index contributed by atoms with van der Waals surface area (Å²) in [5.41, 5.74) is 0.0729. The van der Waals surface area contributed by atoms with Gasteiger partial charge in [-0.2, -0.15) is 0 Å². The summed E-state index contributed by atoms with van der Waals surface area (Å²) in [5, 5.41) is 11.3. The van der Waals surface area contributed by atoms with Gasteiger partial charge in [0.05, 0.1) is 12.7 Å². The summed E-state index contributed by atoms with van der Waals surface area (Å²) in [4.78, 5) is 13.5. The van der Waals surface area contributed by atoms with E-state index < -0.39 is 5.60 Å². The van der Waals surface area contributed by atoms with Crippen molar-refractivity contribution in [3.05, 3.63) is 29.8 Å². The number of nitrogens with zero attached hydrogens (tertiary/aromatic N) is 1. The lowest BCUT2D eigenvalue weighted by Crippen LogP contribution is -2.42. The lowest BCUT2D eigenvalue weighted by Gasteiger charge is -2.41. The summed E-state index contributed by atoms with van der Waals surface area (Å²) >= 11 is 0. The van der Waals surface area contributed by atoms with Gasteiger partial charge in [0.15, 0.2) is 0 Å². The number of methoxy groups -OCH3 is 1. The quantitative estimate of drug-likeness (QED) is 0.907. The molecule has 1 amide bonds. The summed E-state index contributed by atoms with van der Waals surface area (Å²) in [5.74, 6) is 1.41. The first-order chi connectivity index (χ1) is 10.0. The van der Waals surface area contributed by atoms with Gasteiger partial charge in [-0.25, -0.2) is 0 Å². The normalized spacial score (nSPS) is 31.9. The smallest absolute Gasteiger partial charge is 0.219 e. The summed E-state index contributed by atoms with van der Waals surface area (Å²) in [6, 6.07) is 7.72. The molecular formula is C17H23NO3. The van der Waals surface area contributed by atoms with Crippen LogP contribution >= 0.6 is 0 Å². The minimum Gasteiger partial charge on any atom is -0.497 e. The van der Waals surface area contributed by atoms with Gasteiger partial charge in [0, 0.05) is 25.9 Å². The van der Waals surface area contributed by atoms with E-state index >= 15 is 0 Å². The van der Waals surface area contributed by atoms with Crippen LogP contribution in [0.25, 0.3) is 0 Å². The van der Waals surface area contributed by atoms with Crippen molar-refractivity contribution in [3.63, 3.8) is 0 Å². The van der Waals surface area contributed by atoms with Crippen molar-refractivity contribution in [2.45, 2.75) is 31.8 Å². The Bertz CT molecular complexity index is 545. The largest absolute Gasteiger partial charge is 0.497 e. The van der Waals surface area contributed by atoms with Gasteiger partial charge in [-0.1, -0.05) is 12.1 Å². The van der Waals surface area contributed by atoms with Gasteiger partial charge in [0.25, 0.3) is 0 Å². The van der Waals surface area contributed by atoms with E-state index in [2.05, 4.69) is 0 Å². The Hall–Kier alpha value is -1.55. The van der Waals surface area contributed by atoms with Crippen LogP contribution in [0.3, 0.4) is 0 Å². The molecule has 1 saturated carbocycles. The third-order valence-corrected chi connectivity index (χ3v) is 5.20. The second-order valence-corrected chi connectivity index (χ2v) is 6.34. The lowest BCUT2D eigenvalue weighted by molar-refractivity contribution is -0.128. The molecule has 1 aliphatic heterocycles. The van der Waals surface area contributed by atoms with Crippen LogP contribution in [-0.2, 0) is 10.4 Å². The molecule has 1 heterocycles. The molecule has 2 aliphatic rings. The molecule has 0 unspecified atom stereocenters. The van der Waals surface area contributed by atoms with Gasteiger partial charge in [-0.15, -0.1) is 0 Å². The highest BCUT2D eigenvalue weighted by atomic mass is 16.5. The van der Waals surface area contributed by atoms with Crippen LogP contribution in [0.1, 0.15) is 31.7 Å². The molecule has 21 heavy (non-hydrogen) atoms. The molecule has 0 aromatic heterocycles. The van der Waals surface area contributed by atoms with Crippen LogP contribution < -0.4 is 4.74 Å². The van der Waals surface area contributed by atoms with Crippen molar-refractivity contribution in [1.29, 1.82) is 0 Å². The Balaban J connectivity index is 1.93. The van der Waals surface area contributed by atoms with Gasteiger partial charge in [-0.05, 0) is 42.9 Å². The number of ether oxygens (including phenoxy) is 1. The van der Waals surface area contributed by atoms with Crippen molar-refractivity contribution in [3.8, 4) is 5.75 Å². The maximum Gasteiger partial charge on any atom is 0.219 e. The Morgan fingerprint density at radius 2 is 2.24 bits per heavy atom.